The maximum Gasteiger partial charge on any atom is 0.417 e. The Labute approximate surface area is 119 Å². The lowest BCUT2D eigenvalue weighted by atomic mass is 10.3. The summed E-state index contributed by atoms with van der Waals surface area (Å²) in [7, 11) is 0. The molecule has 0 saturated heterocycles. The van der Waals surface area contributed by atoms with Crippen molar-refractivity contribution in [3.63, 3.8) is 0 Å². The van der Waals surface area contributed by atoms with Crippen LogP contribution in [-0.4, -0.2) is 4.98 Å². The van der Waals surface area contributed by atoms with E-state index in [9.17, 15) is 13.2 Å². The molecule has 96 valence electrons. The van der Waals surface area contributed by atoms with Crippen LogP contribution < -0.4 is 0 Å². The van der Waals surface area contributed by atoms with E-state index in [2.05, 4.69) is 20.9 Å². The fourth-order valence-electron chi connectivity index (χ4n) is 1.21. The lowest BCUT2D eigenvalue weighted by Gasteiger charge is -2.06. The van der Waals surface area contributed by atoms with E-state index in [4.69, 9.17) is 0 Å². The van der Waals surface area contributed by atoms with E-state index in [0.717, 1.165) is 20.9 Å². The highest BCUT2D eigenvalue weighted by atomic mass is 79.9. The highest BCUT2D eigenvalue weighted by Gasteiger charge is 2.30. The molecular formula is C11H7BrF3NS2. The first-order chi connectivity index (χ1) is 8.45. The third-order valence-corrected chi connectivity index (χ3v) is 4.85. The van der Waals surface area contributed by atoms with Gasteiger partial charge in [-0.3, -0.25) is 0 Å². The van der Waals surface area contributed by atoms with Crippen molar-refractivity contribution < 1.29 is 13.2 Å². The fraction of sp³-hybridized carbons (Fsp3) is 0.182. The summed E-state index contributed by atoms with van der Waals surface area (Å²) in [5.41, 5.74) is -0.717. The summed E-state index contributed by atoms with van der Waals surface area (Å²) >= 11 is 6.38. The molecule has 18 heavy (non-hydrogen) atoms. The monoisotopic (exact) mass is 353 g/mol. The molecule has 0 aliphatic heterocycles. The van der Waals surface area contributed by atoms with Gasteiger partial charge in [0, 0.05) is 16.8 Å². The Morgan fingerprint density at radius 1 is 1.22 bits per heavy atom. The molecule has 0 saturated carbocycles. The molecule has 7 heteroatoms. The Hall–Kier alpha value is -0.530. The minimum Gasteiger partial charge on any atom is -0.249 e. The van der Waals surface area contributed by atoms with Gasteiger partial charge in [0.2, 0.25) is 0 Å². The average molecular weight is 354 g/mol. The van der Waals surface area contributed by atoms with Gasteiger partial charge in [-0.15, -0.1) is 23.1 Å². The van der Waals surface area contributed by atoms with Crippen molar-refractivity contribution in [2.24, 2.45) is 0 Å². The molecule has 2 heterocycles. The van der Waals surface area contributed by atoms with E-state index in [1.807, 2.05) is 12.1 Å². The van der Waals surface area contributed by atoms with Crippen molar-refractivity contribution in [3.8, 4) is 0 Å². The van der Waals surface area contributed by atoms with Gasteiger partial charge in [-0.1, -0.05) is 0 Å². The van der Waals surface area contributed by atoms with Crippen LogP contribution in [0.5, 0.6) is 0 Å². The topological polar surface area (TPSA) is 12.9 Å². The number of nitrogens with zero attached hydrogens (tertiary/aromatic N) is 1. The molecule has 0 unspecified atom stereocenters. The summed E-state index contributed by atoms with van der Waals surface area (Å²) in [6, 6.07) is 6.38. The smallest absolute Gasteiger partial charge is 0.249 e. The summed E-state index contributed by atoms with van der Waals surface area (Å²) in [4.78, 5) is 4.95. The minimum atomic E-state index is -4.32. The second-order valence-electron chi connectivity index (χ2n) is 3.38. The summed E-state index contributed by atoms with van der Waals surface area (Å²) in [5, 5.41) is 0.590. The van der Waals surface area contributed by atoms with Crippen LogP contribution in [-0.2, 0) is 11.9 Å². The molecule has 2 rings (SSSR count). The third-order valence-electron chi connectivity index (χ3n) is 2.05. The van der Waals surface area contributed by atoms with Crippen LogP contribution in [0.3, 0.4) is 0 Å². The number of alkyl halides is 3. The molecule has 2 aromatic rings. The first kappa shape index (κ1) is 13.9. The van der Waals surface area contributed by atoms with Gasteiger partial charge in [-0.05, 0) is 40.2 Å². The second kappa shape index (κ2) is 5.63. The van der Waals surface area contributed by atoms with Gasteiger partial charge in [0.05, 0.1) is 14.4 Å². The van der Waals surface area contributed by atoms with Crippen LogP contribution in [0.25, 0.3) is 0 Å². The lowest BCUT2D eigenvalue weighted by molar-refractivity contribution is -0.137. The van der Waals surface area contributed by atoms with Crippen LogP contribution in [0, 0.1) is 0 Å². The predicted octanol–water partition coefficient (Wildman–Crippen LogP) is 5.22. The normalized spacial score (nSPS) is 11.8. The first-order valence-corrected chi connectivity index (χ1v) is 7.45. The fourth-order valence-corrected chi connectivity index (χ4v) is 3.58. The SMILES string of the molecule is FC(F)(F)c1ccc(SCc2ccc(Br)s2)nc1. The molecule has 0 N–H and O–H groups in total. The molecule has 0 atom stereocenters. The van der Waals surface area contributed by atoms with E-state index in [-0.39, 0.29) is 0 Å². The van der Waals surface area contributed by atoms with Crippen LogP contribution in [0.15, 0.2) is 39.3 Å². The van der Waals surface area contributed by atoms with Gasteiger partial charge in [0.25, 0.3) is 0 Å². The van der Waals surface area contributed by atoms with E-state index >= 15 is 0 Å². The highest BCUT2D eigenvalue weighted by molar-refractivity contribution is 9.11. The number of halogens is 4. The maximum absolute atomic E-state index is 12.3. The highest BCUT2D eigenvalue weighted by Crippen LogP contribution is 2.31. The number of thioether (sulfide) groups is 1. The Kier molecular flexibility index (Phi) is 4.34. The molecule has 0 aromatic carbocycles. The molecule has 1 nitrogen and oxygen atoms in total. The van der Waals surface area contributed by atoms with Crippen molar-refractivity contribution in [1.29, 1.82) is 0 Å². The summed E-state index contributed by atoms with van der Waals surface area (Å²) in [5.74, 6) is 0.703. The molecule has 0 fully saturated rings. The van der Waals surface area contributed by atoms with Gasteiger partial charge in [-0.2, -0.15) is 13.2 Å². The quantitative estimate of drug-likeness (QED) is 0.702. The number of hydrogen-bond donors (Lipinski definition) is 0. The van der Waals surface area contributed by atoms with Crippen molar-refractivity contribution in [3.05, 3.63) is 44.7 Å². The van der Waals surface area contributed by atoms with Crippen LogP contribution in [0.2, 0.25) is 0 Å². The molecule has 0 bridgehead atoms. The molecule has 2 aromatic heterocycles. The molecule has 0 aliphatic carbocycles. The molecule has 0 aliphatic rings. The maximum atomic E-state index is 12.3. The third kappa shape index (κ3) is 3.73. The van der Waals surface area contributed by atoms with Gasteiger partial charge < -0.3 is 0 Å². The van der Waals surface area contributed by atoms with Crippen molar-refractivity contribution >= 4 is 39.0 Å². The average Bonchev–Trinajstić information content (AvgIpc) is 2.72. The Balaban J connectivity index is 1.98. The Bertz CT molecular complexity index is 522. The van der Waals surface area contributed by atoms with Gasteiger partial charge in [0.15, 0.2) is 0 Å². The van der Waals surface area contributed by atoms with Crippen LogP contribution >= 0.6 is 39.0 Å². The number of aromatic nitrogens is 1. The Morgan fingerprint density at radius 2 is 2.00 bits per heavy atom. The standard InChI is InChI=1S/C11H7BrF3NS2/c12-9-3-2-8(18-9)6-17-10-4-1-7(5-16-10)11(13,14)15/h1-5H,6H2. The zero-order valence-corrected chi connectivity index (χ0v) is 12.1. The second-order valence-corrected chi connectivity index (χ2v) is 6.92. The molecule has 0 spiro atoms. The van der Waals surface area contributed by atoms with Gasteiger partial charge in [0.1, 0.15) is 0 Å². The van der Waals surface area contributed by atoms with Gasteiger partial charge >= 0.3 is 6.18 Å². The van der Waals surface area contributed by atoms with Crippen molar-refractivity contribution in [2.75, 3.05) is 0 Å². The minimum absolute atomic E-state index is 0.590. The molecular weight excluding hydrogens is 347 g/mol. The van der Waals surface area contributed by atoms with E-state index < -0.39 is 11.7 Å². The summed E-state index contributed by atoms with van der Waals surface area (Å²) < 4.78 is 38.0. The number of pyridine rings is 1. The predicted molar refractivity (Wildman–Crippen MR) is 70.8 cm³/mol. The molecule has 0 amide bonds. The summed E-state index contributed by atoms with van der Waals surface area (Å²) in [6.45, 7) is 0. The van der Waals surface area contributed by atoms with Crippen molar-refractivity contribution in [2.45, 2.75) is 17.0 Å². The number of hydrogen-bond acceptors (Lipinski definition) is 3. The van der Waals surface area contributed by atoms with Crippen LogP contribution in [0.4, 0.5) is 13.2 Å². The lowest BCUT2D eigenvalue weighted by Crippen LogP contribution is -2.05. The first-order valence-electron chi connectivity index (χ1n) is 4.85. The van der Waals surface area contributed by atoms with Gasteiger partial charge in [-0.25, -0.2) is 4.98 Å². The largest absolute Gasteiger partial charge is 0.417 e. The van der Waals surface area contributed by atoms with Crippen LogP contribution in [0.1, 0.15) is 10.4 Å². The van der Waals surface area contributed by atoms with E-state index in [1.54, 1.807) is 11.3 Å². The summed E-state index contributed by atoms with van der Waals surface area (Å²) in [6.07, 6.45) is -3.46. The molecule has 0 radical (unpaired) electrons. The Morgan fingerprint density at radius 3 is 2.50 bits per heavy atom. The number of rotatable bonds is 3. The zero-order valence-electron chi connectivity index (χ0n) is 8.87. The van der Waals surface area contributed by atoms with E-state index in [1.165, 1.54) is 17.8 Å². The zero-order chi connectivity index (χ0) is 13.2. The van der Waals surface area contributed by atoms with Crippen molar-refractivity contribution in [1.82, 2.24) is 4.98 Å². The van der Waals surface area contributed by atoms with E-state index in [0.29, 0.717) is 10.8 Å². The number of thiophene rings is 1.